The number of urea groups is 1. The van der Waals surface area contributed by atoms with Crippen LogP contribution in [-0.2, 0) is 10.0 Å². The van der Waals surface area contributed by atoms with Gasteiger partial charge in [-0.05, 0) is 43.2 Å². The molecule has 2 aromatic carbocycles. The van der Waals surface area contributed by atoms with Gasteiger partial charge in [-0.3, -0.25) is 0 Å². The highest BCUT2D eigenvalue weighted by Crippen LogP contribution is 2.22. The van der Waals surface area contributed by atoms with E-state index in [1.807, 2.05) is 25.1 Å². The van der Waals surface area contributed by atoms with E-state index in [0.717, 1.165) is 5.56 Å². The van der Waals surface area contributed by atoms with E-state index >= 15 is 0 Å². The molecule has 4 N–H and O–H groups in total. The Hall–Kier alpha value is -2.09. The molecule has 2 aromatic rings. The van der Waals surface area contributed by atoms with Gasteiger partial charge in [-0.25, -0.2) is 18.4 Å². The average Bonchev–Trinajstić information content (AvgIpc) is 2.54. The number of carbonyl (C=O) groups excluding carboxylic acids is 1. The van der Waals surface area contributed by atoms with Gasteiger partial charge in [-0.1, -0.05) is 41.9 Å². The zero-order valence-corrected chi connectivity index (χ0v) is 15.4. The van der Waals surface area contributed by atoms with Crippen LogP contribution in [0.2, 0.25) is 5.02 Å². The van der Waals surface area contributed by atoms with Crippen LogP contribution in [0.3, 0.4) is 0 Å². The number of sulfonamides is 1. The normalized spacial score (nSPS) is 13.8. The van der Waals surface area contributed by atoms with Crippen LogP contribution < -0.4 is 15.8 Å². The molecule has 0 fully saturated rings. The summed E-state index contributed by atoms with van der Waals surface area (Å²) < 4.78 is 22.9. The van der Waals surface area contributed by atoms with Gasteiger partial charge in [0.15, 0.2) is 0 Å². The summed E-state index contributed by atoms with van der Waals surface area (Å²) in [7, 11) is -3.79. The fourth-order valence-electron chi connectivity index (χ4n) is 2.38. The highest BCUT2D eigenvalue weighted by Gasteiger charge is 2.16. The zero-order valence-electron chi connectivity index (χ0n) is 13.9. The Labute approximate surface area is 152 Å². The van der Waals surface area contributed by atoms with Crippen molar-refractivity contribution in [2.45, 2.75) is 30.8 Å². The largest absolute Gasteiger partial charge is 0.332 e. The smallest absolute Gasteiger partial charge is 0.315 e. The van der Waals surface area contributed by atoms with E-state index in [0.29, 0.717) is 10.6 Å². The van der Waals surface area contributed by atoms with Gasteiger partial charge in [-0.15, -0.1) is 0 Å². The maximum Gasteiger partial charge on any atom is 0.315 e. The summed E-state index contributed by atoms with van der Waals surface area (Å²) in [4.78, 5) is 12.2. The van der Waals surface area contributed by atoms with Crippen molar-refractivity contribution in [1.29, 1.82) is 0 Å². The molecule has 2 amide bonds. The highest BCUT2D eigenvalue weighted by atomic mass is 35.5. The number of nitrogens with two attached hydrogens (primary N) is 1. The lowest BCUT2D eigenvalue weighted by atomic mass is 10.1. The van der Waals surface area contributed by atoms with Crippen molar-refractivity contribution in [2.24, 2.45) is 5.14 Å². The molecule has 2 unspecified atom stereocenters. The predicted molar refractivity (Wildman–Crippen MR) is 97.8 cm³/mol. The van der Waals surface area contributed by atoms with Gasteiger partial charge < -0.3 is 10.6 Å². The van der Waals surface area contributed by atoms with Crippen LogP contribution in [-0.4, -0.2) is 14.4 Å². The van der Waals surface area contributed by atoms with Crippen molar-refractivity contribution >= 4 is 27.7 Å². The second-order valence-electron chi connectivity index (χ2n) is 5.70. The number of nitrogens with one attached hydrogen (secondary N) is 2. The van der Waals surface area contributed by atoms with Crippen LogP contribution in [0.15, 0.2) is 53.4 Å². The molecule has 8 heteroatoms. The third-order valence-electron chi connectivity index (χ3n) is 3.75. The Morgan fingerprint density at radius 2 is 1.68 bits per heavy atom. The third-order valence-corrected chi connectivity index (χ3v) is 5.01. The van der Waals surface area contributed by atoms with Gasteiger partial charge in [0.05, 0.1) is 17.0 Å². The van der Waals surface area contributed by atoms with Gasteiger partial charge in [0.1, 0.15) is 0 Å². The molecular formula is C17H20ClN3O3S. The lowest BCUT2D eigenvalue weighted by Gasteiger charge is -2.19. The van der Waals surface area contributed by atoms with Crippen molar-refractivity contribution in [1.82, 2.24) is 10.6 Å². The standard InChI is InChI=1S/C17H20ClN3O3S/c1-11(13-6-5-7-14(10-13)25(19,23)24)20-17(22)21-12(2)15-8-3-4-9-16(15)18/h3-12H,1-2H3,(H2,19,23,24)(H2,20,21,22). The first-order valence-corrected chi connectivity index (χ1v) is 9.55. The van der Waals surface area contributed by atoms with Crippen molar-refractivity contribution in [3.8, 4) is 0 Å². The van der Waals surface area contributed by atoms with E-state index in [9.17, 15) is 13.2 Å². The minimum Gasteiger partial charge on any atom is -0.332 e. The summed E-state index contributed by atoms with van der Waals surface area (Å²) in [6.07, 6.45) is 0. The SMILES string of the molecule is CC(NC(=O)NC(C)c1ccccc1Cl)c1cccc(S(N)(=O)=O)c1. The van der Waals surface area contributed by atoms with Crippen LogP contribution in [0, 0.1) is 0 Å². The Morgan fingerprint density at radius 3 is 2.32 bits per heavy atom. The minimum atomic E-state index is -3.79. The number of hydrogen-bond acceptors (Lipinski definition) is 3. The van der Waals surface area contributed by atoms with E-state index in [-0.39, 0.29) is 17.0 Å². The second kappa shape index (κ2) is 7.86. The molecule has 0 aromatic heterocycles. The molecule has 0 saturated carbocycles. The van der Waals surface area contributed by atoms with E-state index in [1.54, 1.807) is 25.1 Å². The van der Waals surface area contributed by atoms with Gasteiger partial charge in [0.25, 0.3) is 0 Å². The molecule has 0 saturated heterocycles. The van der Waals surface area contributed by atoms with Gasteiger partial charge in [0, 0.05) is 5.02 Å². The van der Waals surface area contributed by atoms with E-state index in [1.165, 1.54) is 12.1 Å². The third kappa shape index (κ3) is 5.19. The molecule has 0 radical (unpaired) electrons. The number of rotatable bonds is 5. The highest BCUT2D eigenvalue weighted by molar-refractivity contribution is 7.89. The van der Waals surface area contributed by atoms with Gasteiger partial charge in [0.2, 0.25) is 10.0 Å². The number of hydrogen-bond donors (Lipinski definition) is 3. The molecular weight excluding hydrogens is 362 g/mol. The quantitative estimate of drug-likeness (QED) is 0.741. The first-order chi connectivity index (χ1) is 11.7. The van der Waals surface area contributed by atoms with E-state index in [4.69, 9.17) is 16.7 Å². The molecule has 0 aliphatic rings. The predicted octanol–water partition coefficient (Wildman–Crippen LogP) is 3.11. The lowest BCUT2D eigenvalue weighted by molar-refractivity contribution is 0.235. The Morgan fingerprint density at radius 1 is 1.04 bits per heavy atom. The number of amides is 2. The fraction of sp³-hybridized carbons (Fsp3) is 0.235. The maximum absolute atomic E-state index is 12.2. The van der Waals surface area contributed by atoms with Crippen molar-refractivity contribution in [3.05, 3.63) is 64.7 Å². The van der Waals surface area contributed by atoms with Crippen LogP contribution in [0.5, 0.6) is 0 Å². The molecule has 0 heterocycles. The topological polar surface area (TPSA) is 101 Å². The van der Waals surface area contributed by atoms with Crippen molar-refractivity contribution in [2.75, 3.05) is 0 Å². The minimum absolute atomic E-state index is 0.00323. The van der Waals surface area contributed by atoms with Crippen molar-refractivity contribution in [3.63, 3.8) is 0 Å². The maximum atomic E-state index is 12.2. The molecule has 0 aliphatic carbocycles. The fourth-order valence-corrected chi connectivity index (χ4v) is 3.25. The van der Waals surface area contributed by atoms with Crippen LogP contribution in [0.4, 0.5) is 4.79 Å². The molecule has 2 rings (SSSR count). The zero-order chi connectivity index (χ0) is 18.6. The molecule has 0 bridgehead atoms. The lowest BCUT2D eigenvalue weighted by Crippen LogP contribution is -2.38. The molecule has 25 heavy (non-hydrogen) atoms. The van der Waals surface area contributed by atoms with E-state index in [2.05, 4.69) is 10.6 Å². The number of carbonyl (C=O) groups is 1. The molecule has 2 atom stereocenters. The van der Waals surface area contributed by atoms with Crippen molar-refractivity contribution < 1.29 is 13.2 Å². The molecule has 0 aliphatic heterocycles. The molecule has 6 nitrogen and oxygen atoms in total. The number of primary sulfonamides is 1. The van der Waals surface area contributed by atoms with Crippen LogP contribution >= 0.6 is 11.6 Å². The summed E-state index contributed by atoms with van der Waals surface area (Å²) in [5.74, 6) is 0. The van der Waals surface area contributed by atoms with Gasteiger partial charge in [-0.2, -0.15) is 0 Å². The Bertz CT molecular complexity index is 871. The number of halogens is 1. The van der Waals surface area contributed by atoms with Gasteiger partial charge >= 0.3 is 6.03 Å². The Balaban J connectivity index is 2.04. The first-order valence-electron chi connectivity index (χ1n) is 7.62. The average molecular weight is 382 g/mol. The van der Waals surface area contributed by atoms with E-state index < -0.39 is 16.1 Å². The number of benzene rings is 2. The summed E-state index contributed by atoms with van der Waals surface area (Å²) in [6.45, 7) is 3.58. The molecule has 134 valence electrons. The summed E-state index contributed by atoms with van der Waals surface area (Å²) >= 11 is 6.12. The molecule has 0 spiro atoms. The Kier molecular flexibility index (Phi) is 6.05. The second-order valence-corrected chi connectivity index (χ2v) is 7.67. The van der Waals surface area contributed by atoms with Crippen LogP contribution in [0.1, 0.15) is 37.1 Å². The summed E-state index contributed by atoms with van der Waals surface area (Å²) in [5.41, 5.74) is 1.44. The van der Waals surface area contributed by atoms with Crippen LogP contribution in [0.25, 0.3) is 0 Å². The first kappa shape index (κ1) is 19.2. The summed E-state index contributed by atoms with van der Waals surface area (Å²) in [6, 6.07) is 12.3. The monoisotopic (exact) mass is 381 g/mol. The summed E-state index contributed by atoms with van der Waals surface area (Å²) in [5, 5.41) is 11.3.